The molecule has 2 rings (SSSR count). The molecule has 3 atom stereocenters. The Morgan fingerprint density at radius 3 is 2.80 bits per heavy atom. The zero-order valence-corrected chi connectivity index (χ0v) is 14.0. The molecule has 2 heteroatoms. The zero-order chi connectivity index (χ0) is 14.4. The van der Waals surface area contributed by atoms with E-state index in [1.165, 1.54) is 36.3 Å². The highest BCUT2D eigenvalue weighted by molar-refractivity contribution is 7.99. The Morgan fingerprint density at radius 1 is 1.25 bits per heavy atom. The lowest BCUT2D eigenvalue weighted by atomic mass is 9.86. The Labute approximate surface area is 128 Å². The van der Waals surface area contributed by atoms with Crippen molar-refractivity contribution in [1.82, 2.24) is 5.32 Å². The third-order valence-corrected chi connectivity index (χ3v) is 5.53. The quantitative estimate of drug-likeness (QED) is 0.717. The van der Waals surface area contributed by atoms with Gasteiger partial charge in [-0.3, -0.25) is 0 Å². The predicted octanol–water partition coefficient (Wildman–Crippen LogP) is 5.07. The average molecular weight is 292 g/mol. The van der Waals surface area contributed by atoms with Crippen LogP contribution in [0, 0.1) is 5.92 Å². The van der Waals surface area contributed by atoms with E-state index in [4.69, 9.17) is 0 Å². The van der Waals surface area contributed by atoms with Crippen molar-refractivity contribution < 1.29 is 0 Å². The van der Waals surface area contributed by atoms with Crippen LogP contribution in [0.1, 0.15) is 57.9 Å². The van der Waals surface area contributed by atoms with Crippen LogP contribution in [0.5, 0.6) is 0 Å². The summed E-state index contributed by atoms with van der Waals surface area (Å²) in [6, 6.07) is 9.64. The molecule has 1 aromatic rings. The molecule has 20 heavy (non-hydrogen) atoms. The molecule has 1 aromatic carbocycles. The van der Waals surface area contributed by atoms with Crippen LogP contribution in [0.2, 0.25) is 0 Å². The van der Waals surface area contributed by atoms with Gasteiger partial charge in [0, 0.05) is 22.6 Å². The Balaban J connectivity index is 2.07. The second kappa shape index (κ2) is 8.09. The average Bonchev–Trinajstić information content (AvgIpc) is 2.87. The third kappa shape index (κ3) is 4.02. The van der Waals surface area contributed by atoms with Crippen molar-refractivity contribution in [1.29, 1.82) is 0 Å². The van der Waals surface area contributed by atoms with Crippen molar-refractivity contribution in [3.8, 4) is 0 Å². The molecule has 0 aliphatic carbocycles. The van der Waals surface area contributed by atoms with E-state index in [0.29, 0.717) is 12.0 Å². The SMILES string of the molecule is CCCNC(CC(C)CCC)C1CSc2ccccc21. The monoisotopic (exact) mass is 291 g/mol. The molecule has 0 spiro atoms. The highest BCUT2D eigenvalue weighted by atomic mass is 32.2. The summed E-state index contributed by atoms with van der Waals surface area (Å²) in [4.78, 5) is 1.50. The van der Waals surface area contributed by atoms with E-state index in [9.17, 15) is 0 Å². The maximum absolute atomic E-state index is 3.83. The molecule has 0 amide bonds. The molecule has 112 valence electrons. The van der Waals surface area contributed by atoms with Crippen molar-refractivity contribution in [3.63, 3.8) is 0 Å². The van der Waals surface area contributed by atoms with E-state index in [0.717, 1.165) is 12.5 Å². The molecule has 0 fully saturated rings. The van der Waals surface area contributed by atoms with Gasteiger partial charge in [0.2, 0.25) is 0 Å². The van der Waals surface area contributed by atoms with Crippen molar-refractivity contribution in [2.24, 2.45) is 5.92 Å². The van der Waals surface area contributed by atoms with E-state index < -0.39 is 0 Å². The molecule has 0 aromatic heterocycles. The summed E-state index contributed by atoms with van der Waals surface area (Å²) < 4.78 is 0. The molecular weight excluding hydrogens is 262 g/mol. The van der Waals surface area contributed by atoms with Crippen LogP contribution >= 0.6 is 11.8 Å². The Bertz CT molecular complexity index is 404. The fourth-order valence-electron chi connectivity index (χ4n) is 3.28. The minimum absolute atomic E-state index is 0.646. The van der Waals surface area contributed by atoms with Gasteiger partial charge in [-0.05, 0) is 36.9 Å². The van der Waals surface area contributed by atoms with Crippen LogP contribution in [-0.2, 0) is 0 Å². The smallest absolute Gasteiger partial charge is 0.0147 e. The van der Waals surface area contributed by atoms with E-state index >= 15 is 0 Å². The molecule has 0 bridgehead atoms. The lowest BCUT2D eigenvalue weighted by molar-refractivity contribution is 0.352. The topological polar surface area (TPSA) is 12.0 Å². The second-order valence-electron chi connectivity index (χ2n) is 6.15. The molecule has 0 saturated carbocycles. The molecule has 0 saturated heterocycles. The minimum Gasteiger partial charge on any atom is -0.313 e. The first kappa shape index (κ1) is 15.9. The van der Waals surface area contributed by atoms with Crippen molar-refractivity contribution in [2.45, 2.75) is 63.3 Å². The number of benzene rings is 1. The molecule has 1 aliphatic heterocycles. The lowest BCUT2D eigenvalue weighted by Gasteiger charge is -2.28. The van der Waals surface area contributed by atoms with E-state index in [-0.39, 0.29) is 0 Å². The number of thioether (sulfide) groups is 1. The molecule has 1 heterocycles. The van der Waals surface area contributed by atoms with E-state index in [1.807, 2.05) is 11.8 Å². The van der Waals surface area contributed by atoms with Gasteiger partial charge < -0.3 is 5.32 Å². The van der Waals surface area contributed by atoms with Gasteiger partial charge in [0.1, 0.15) is 0 Å². The van der Waals surface area contributed by atoms with Gasteiger partial charge in [-0.1, -0.05) is 51.8 Å². The summed E-state index contributed by atoms with van der Waals surface area (Å²) in [5, 5.41) is 3.83. The van der Waals surface area contributed by atoms with Gasteiger partial charge in [0.05, 0.1) is 0 Å². The summed E-state index contributed by atoms with van der Waals surface area (Å²) in [6.45, 7) is 8.12. The largest absolute Gasteiger partial charge is 0.313 e. The molecule has 1 aliphatic rings. The van der Waals surface area contributed by atoms with Gasteiger partial charge >= 0.3 is 0 Å². The maximum Gasteiger partial charge on any atom is 0.0147 e. The van der Waals surface area contributed by atoms with E-state index in [2.05, 4.69) is 50.4 Å². The van der Waals surface area contributed by atoms with Crippen LogP contribution in [0.25, 0.3) is 0 Å². The molecule has 1 N–H and O–H groups in total. The predicted molar refractivity (Wildman–Crippen MR) is 90.7 cm³/mol. The van der Waals surface area contributed by atoms with Gasteiger partial charge in [-0.2, -0.15) is 0 Å². The van der Waals surface area contributed by atoms with Crippen molar-refractivity contribution in [3.05, 3.63) is 29.8 Å². The van der Waals surface area contributed by atoms with Crippen LogP contribution in [-0.4, -0.2) is 18.3 Å². The molecule has 0 radical (unpaired) electrons. The van der Waals surface area contributed by atoms with Crippen molar-refractivity contribution in [2.75, 3.05) is 12.3 Å². The summed E-state index contributed by atoms with van der Waals surface area (Å²) in [7, 11) is 0. The Hall–Kier alpha value is -0.470. The minimum atomic E-state index is 0.646. The lowest BCUT2D eigenvalue weighted by Crippen LogP contribution is -2.37. The number of hydrogen-bond donors (Lipinski definition) is 1. The fourth-order valence-corrected chi connectivity index (χ4v) is 4.62. The zero-order valence-electron chi connectivity index (χ0n) is 13.2. The summed E-state index contributed by atoms with van der Waals surface area (Å²) in [6.07, 6.45) is 5.19. The number of fused-ring (bicyclic) bond motifs is 1. The summed E-state index contributed by atoms with van der Waals surface area (Å²) >= 11 is 2.04. The fraction of sp³-hybridized carbons (Fsp3) is 0.667. The summed E-state index contributed by atoms with van der Waals surface area (Å²) in [5.41, 5.74) is 1.58. The second-order valence-corrected chi connectivity index (χ2v) is 7.21. The van der Waals surface area contributed by atoms with Gasteiger partial charge in [-0.25, -0.2) is 0 Å². The number of rotatable bonds is 8. The van der Waals surface area contributed by atoms with Gasteiger partial charge in [0.15, 0.2) is 0 Å². The Kier molecular flexibility index (Phi) is 6.44. The molecule has 3 unspecified atom stereocenters. The van der Waals surface area contributed by atoms with Crippen molar-refractivity contribution >= 4 is 11.8 Å². The van der Waals surface area contributed by atoms with Crippen LogP contribution in [0.3, 0.4) is 0 Å². The van der Waals surface area contributed by atoms with Crippen LogP contribution in [0.4, 0.5) is 0 Å². The first-order chi connectivity index (χ1) is 9.76. The van der Waals surface area contributed by atoms with E-state index in [1.54, 1.807) is 5.56 Å². The normalized spacial score (nSPS) is 20.6. The van der Waals surface area contributed by atoms with Crippen LogP contribution in [0.15, 0.2) is 29.2 Å². The highest BCUT2D eigenvalue weighted by Gasteiger charge is 2.30. The first-order valence-corrected chi connectivity index (χ1v) is 9.19. The number of nitrogens with one attached hydrogen (secondary N) is 1. The van der Waals surface area contributed by atoms with Crippen LogP contribution < -0.4 is 5.32 Å². The Morgan fingerprint density at radius 2 is 2.05 bits per heavy atom. The first-order valence-electron chi connectivity index (χ1n) is 8.21. The highest BCUT2D eigenvalue weighted by Crippen LogP contribution is 2.42. The number of hydrogen-bond acceptors (Lipinski definition) is 2. The van der Waals surface area contributed by atoms with Gasteiger partial charge in [-0.15, -0.1) is 11.8 Å². The maximum atomic E-state index is 3.83. The third-order valence-electron chi connectivity index (χ3n) is 4.32. The standard InChI is InChI=1S/C18H29NS/c1-4-8-14(3)12-17(19-11-5-2)16-13-20-18-10-7-6-9-15(16)18/h6-7,9-10,14,16-17,19H,4-5,8,11-13H2,1-3H3. The van der Waals surface area contributed by atoms with Gasteiger partial charge in [0.25, 0.3) is 0 Å². The summed E-state index contributed by atoms with van der Waals surface area (Å²) in [5.74, 6) is 2.77. The molecular formula is C18H29NS. The molecule has 1 nitrogen and oxygen atoms in total.